The fraction of sp³-hybridized carbons (Fsp3) is 0.179. The largest absolute Gasteiger partial charge is 0.404 e. The van der Waals surface area contributed by atoms with Gasteiger partial charge in [0.1, 0.15) is 17.0 Å². The molecule has 0 radical (unpaired) electrons. The van der Waals surface area contributed by atoms with Gasteiger partial charge in [-0.15, -0.1) is 0 Å². The van der Waals surface area contributed by atoms with E-state index >= 15 is 4.39 Å². The Morgan fingerprint density at radius 2 is 1.92 bits per heavy atom. The molecule has 10 heteroatoms. The molecule has 5 aromatic heterocycles. The summed E-state index contributed by atoms with van der Waals surface area (Å²) in [5.41, 5.74) is 10.8. The highest BCUT2D eigenvalue weighted by molar-refractivity contribution is 5.96. The van der Waals surface area contributed by atoms with Gasteiger partial charge >= 0.3 is 0 Å². The fourth-order valence-electron chi connectivity index (χ4n) is 4.30. The number of nitrogens with zero attached hydrogens (tertiary/aromatic N) is 5. The third kappa shape index (κ3) is 4.75. The average Bonchev–Trinajstić information content (AvgIpc) is 3.54. The first-order valence-electron chi connectivity index (χ1n) is 12.3. The molecule has 38 heavy (non-hydrogen) atoms. The molecule has 0 aromatic carbocycles. The van der Waals surface area contributed by atoms with E-state index in [1.54, 1.807) is 31.0 Å². The van der Waals surface area contributed by atoms with E-state index in [4.69, 9.17) is 10.7 Å². The second-order valence-corrected chi connectivity index (χ2v) is 9.01. The van der Waals surface area contributed by atoms with Crippen LogP contribution in [0.15, 0.2) is 61.4 Å². The summed E-state index contributed by atoms with van der Waals surface area (Å²) in [5.74, 6) is -0.127. The van der Waals surface area contributed by atoms with Gasteiger partial charge in [0, 0.05) is 59.9 Å². The number of nitrogens with two attached hydrogens (primary N) is 1. The lowest BCUT2D eigenvalue weighted by atomic mass is 10.0. The van der Waals surface area contributed by atoms with Gasteiger partial charge in [-0.1, -0.05) is 13.0 Å². The summed E-state index contributed by atoms with van der Waals surface area (Å²) in [6.07, 6.45) is 12.2. The van der Waals surface area contributed by atoms with E-state index in [0.29, 0.717) is 40.1 Å². The predicted molar refractivity (Wildman–Crippen MR) is 148 cm³/mol. The first-order chi connectivity index (χ1) is 18.5. The minimum absolute atomic E-state index is 0.192. The SMILES string of the molecule is CC\C=c1/[nH]nc(-c2nc3c(-c4ccncc4)nccc3[nH]2)/c1=C(F)/C(=C\N)c1cncc(NC(C)C)c1. The van der Waals surface area contributed by atoms with Crippen LogP contribution in [0.1, 0.15) is 32.8 Å². The van der Waals surface area contributed by atoms with Crippen LogP contribution in [0.5, 0.6) is 0 Å². The number of anilines is 1. The molecule has 192 valence electrons. The van der Waals surface area contributed by atoms with Crippen LogP contribution in [0.4, 0.5) is 10.1 Å². The number of imidazole rings is 1. The maximum Gasteiger partial charge on any atom is 0.159 e. The molecule has 0 aliphatic carbocycles. The van der Waals surface area contributed by atoms with Crippen molar-refractivity contribution in [1.82, 2.24) is 35.1 Å². The number of rotatable bonds is 7. The maximum atomic E-state index is 16.4. The molecule has 0 bridgehead atoms. The van der Waals surface area contributed by atoms with Crippen LogP contribution >= 0.6 is 0 Å². The summed E-state index contributed by atoms with van der Waals surface area (Å²) in [6.45, 7) is 6.01. The minimum atomic E-state index is -0.535. The lowest BCUT2D eigenvalue weighted by Gasteiger charge is -2.11. The summed E-state index contributed by atoms with van der Waals surface area (Å²) in [4.78, 5) is 21.0. The van der Waals surface area contributed by atoms with Crippen LogP contribution in [-0.4, -0.2) is 41.2 Å². The van der Waals surface area contributed by atoms with Crippen LogP contribution in [0, 0.1) is 0 Å². The molecular formula is C28H28FN9. The standard InChI is InChI=1S/C28H28FN9/c1-4-5-21-23(24(29)20(13-30)18-12-19(15-32-14-18)34-16(2)3)27(38-37-21)28-35-22-8-11-33-25(26(22)36-28)17-6-9-31-10-7-17/h5-16,34,37H,4,30H2,1-3H3,(H,35,36)/b20-13-,21-5-,24-23-. The Kier molecular flexibility index (Phi) is 6.94. The normalized spacial score (nSPS) is 13.4. The van der Waals surface area contributed by atoms with Gasteiger partial charge in [-0.2, -0.15) is 5.10 Å². The van der Waals surface area contributed by atoms with Gasteiger partial charge in [-0.25, -0.2) is 9.37 Å². The molecule has 5 aromatic rings. The zero-order valence-electron chi connectivity index (χ0n) is 21.3. The zero-order chi connectivity index (χ0) is 26.6. The molecule has 0 saturated carbocycles. The number of hydrogen-bond donors (Lipinski definition) is 4. The van der Waals surface area contributed by atoms with Crippen molar-refractivity contribution >= 4 is 34.2 Å². The molecule has 0 amide bonds. The molecule has 0 spiro atoms. The summed E-state index contributed by atoms with van der Waals surface area (Å²) in [6, 6.07) is 7.57. The van der Waals surface area contributed by atoms with E-state index in [1.165, 1.54) is 6.20 Å². The van der Waals surface area contributed by atoms with Crippen LogP contribution in [0.25, 0.3) is 51.3 Å². The van der Waals surface area contributed by atoms with Crippen molar-refractivity contribution in [3.05, 3.63) is 77.6 Å². The minimum Gasteiger partial charge on any atom is -0.404 e. The number of H-pyrrole nitrogens is 2. The number of pyridine rings is 3. The van der Waals surface area contributed by atoms with E-state index < -0.39 is 5.83 Å². The van der Waals surface area contributed by atoms with Crippen molar-refractivity contribution in [1.29, 1.82) is 0 Å². The highest BCUT2D eigenvalue weighted by Gasteiger charge is 2.19. The first kappa shape index (κ1) is 24.8. The molecular weight excluding hydrogens is 481 g/mol. The lowest BCUT2D eigenvalue weighted by molar-refractivity contribution is 0.763. The summed E-state index contributed by atoms with van der Waals surface area (Å²) in [5, 5.41) is 11.5. The van der Waals surface area contributed by atoms with Gasteiger partial charge in [0.25, 0.3) is 0 Å². The first-order valence-corrected chi connectivity index (χ1v) is 12.3. The second-order valence-electron chi connectivity index (χ2n) is 9.01. The third-order valence-corrected chi connectivity index (χ3v) is 5.91. The molecule has 0 aliphatic heterocycles. The average molecular weight is 510 g/mol. The van der Waals surface area contributed by atoms with Crippen LogP contribution < -0.4 is 21.6 Å². The van der Waals surface area contributed by atoms with Crippen molar-refractivity contribution in [3.8, 4) is 22.8 Å². The van der Waals surface area contributed by atoms with Gasteiger partial charge < -0.3 is 16.0 Å². The molecule has 5 rings (SSSR count). The Hall–Kier alpha value is -4.86. The van der Waals surface area contributed by atoms with E-state index in [0.717, 1.165) is 16.8 Å². The molecule has 0 saturated heterocycles. The number of allylic oxidation sites excluding steroid dienone is 1. The van der Waals surface area contributed by atoms with Gasteiger partial charge in [0.05, 0.1) is 27.5 Å². The maximum absolute atomic E-state index is 16.4. The Bertz CT molecular complexity index is 1730. The predicted octanol–water partition coefficient (Wildman–Crippen LogP) is 3.89. The van der Waals surface area contributed by atoms with Crippen molar-refractivity contribution in [2.75, 3.05) is 5.32 Å². The Balaban J connectivity index is 1.70. The molecule has 0 aliphatic rings. The van der Waals surface area contributed by atoms with E-state index in [9.17, 15) is 0 Å². The number of fused-ring (bicyclic) bond motifs is 1. The Morgan fingerprint density at radius 1 is 1.11 bits per heavy atom. The smallest absolute Gasteiger partial charge is 0.159 e. The van der Waals surface area contributed by atoms with Crippen molar-refractivity contribution < 1.29 is 4.39 Å². The monoisotopic (exact) mass is 509 g/mol. The fourth-order valence-corrected chi connectivity index (χ4v) is 4.30. The summed E-state index contributed by atoms with van der Waals surface area (Å²) < 4.78 is 16.4. The lowest BCUT2D eigenvalue weighted by Crippen LogP contribution is -2.26. The molecule has 0 atom stereocenters. The third-order valence-electron chi connectivity index (χ3n) is 5.91. The van der Waals surface area contributed by atoms with Crippen LogP contribution in [0.3, 0.4) is 0 Å². The van der Waals surface area contributed by atoms with Crippen LogP contribution in [0.2, 0.25) is 0 Å². The van der Waals surface area contributed by atoms with E-state index in [1.807, 2.05) is 51.1 Å². The number of halogens is 1. The number of aromatic nitrogens is 7. The van der Waals surface area contributed by atoms with Crippen molar-refractivity contribution in [3.63, 3.8) is 0 Å². The number of hydrogen-bond acceptors (Lipinski definition) is 7. The zero-order valence-corrected chi connectivity index (χ0v) is 21.3. The summed E-state index contributed by atoms with van der Waals surface area (Å²) >= 11 is 0. The Labute approximate surface area is 218 Å². The second kappa shape index (κ2) is 10.6. The molecule has 0 unspecified atom stereocenters. The van der Waals surface area contributed by atoms with Crippen molar-refractivity contribution in [2.24, 2.45) is 5.73 Å². The molecule has 5 heterocycles. The van der Waals surface area contributed by atoms with Gasteiger partial charge in [-0.3, -0.25) is 20.1 Å². The van der Waals surface area contributed by atoms with Crippen molar-refractivity contribution in [2.45, 2.75) is 33.2 Å². The van der Waals surface area contributed by atoms with Gasteiger partial charge in [0.15, 0.2) is 5.82 Å². The molecule has 9 nitrogen and oxygen atoms in total. The molecule has 0 fully saturated rings. The highest BCUT2D eigenvalue weighted by Crippen LogP contribution is 2.28. The summed E-state index contributed by atoms with van der Waals surface area (Å²) in [7, 11) is 0. The molecule has 5 N–H and O–H groups in total. The number of aromatic amines is 2. The van der Waals surface area contributed by atoms with Crippen LogP contribution in [-0.2, 0) is 0 Å². The quantitative estimate of drug-likeness (QED) is 0.261. The Morgan fingerprint density at radius 3 is 2.66 bits per heavy atom. The topological polar surface area (TPSA) is 134 Å². The van der Waals surface area contributed by atoms with E-state index in [-0.39, 0.29) is 16.8 Å². The van der Waals surface area contributed by atoms with Gasteiger partial charge in [-0.05, 0) is 44.5 Å². The van der Waals surface area contributed by atoms with E-state index in [2.05, 4.69) is 35.5 Å². The highest BCUT2D eigenvalue weighted by atomic mass is 19.1. The number of nitrogens with one attached hydrogen (secondary N) is 3. The van der Waals surface area contributed by atoms with Gasteiger partial charge in [0.2, 0.25) is 0 Å².